The smallest absolute Gasteiger partial charge is 0.195 e. The molecule has 2 heterocycles. The normalized spacial score (nSPS) is 11.3. The molecular formula is C11H16N4S2. The van der Waals surface area contributed by atoms with Crippen molar-refractivity contribution >= 4 is 23.6 Å². The second-order valence-corrected chi connectivity index (χ2v) is 5.44. The molecule has 2 aromatic heterocycles. The fraction of sp³-hybridized carbons (Fsp3) is 0.545. The molecule has 1 N–H and O–H groups in total. The molecule has 0 spiro atoms. The summed E-state index contributed by atoms with van der Waals surface area (Å²) in [7, 11) is 1.91. The maximum Gasteiger partial charge on any atom is 0.195 e. The van der Waals surface area contributed by atoms with Gasteiger partial charge in [0.15, 0.2) is 10.6 Å². The Morgan fingerprint density at radius 2 is 2.18 bits per heavy atom. The lowest BCUT2D eigenvalue weighted by molar-refractivity contribution is 0.637. The summed E-state index contributed by atoms with van der Waals surface area (Å²) >= 11 is 6.82. The van der Waals surface area contributed by atoms with Gasteiger partial charge in [0.1, 0.15) is 0 Å². The van der Waals surface area contributed by atoms with E-state index in [1.165, 1.54) is 5.01 Å². The van der Waals surface area contributed by atoms with Crippen LogP contribution in [-0.4, -0.2) is 19.7 Å². The maximum absolute atomic E-state index is 5.11. The summed E-state index contributed by atoms with van der Waals surface area (Å²) in [6.07, 6.45) is 4.15. The summed E-state index contributed by atoms with van der Waals surface area (Å²) in [5, 5.41) is 8.22. The third-order valence-corrected chi connectivity index (χ3v) is 4.48. The topological polar surface area (TPSA) is 46.5 Å². The van der Waals surface area contributed by atoms with Crippen LogP contribution >= 0.6 is 23.6 Å². The van der Waals surface area contributed by atoms with Gasteiger partial charge >= 0.3 is 0 Å². The van der Waals surface area contributed by atoms with Crippen molar-refractivity contribution in [3.05, 3.63) is 16.0 Å². The standard InChI is InChI=1S/C11H16N4S2/c1-4-7(5-2)10-12-6-8(17-10)9-13-14-11(16)15(9)3/h6-7H,4-5H2,1-3H3,(H,14,16). The molecule has 6 heteroatoms. The van der Waals surface area contributed by atoms with Crippen molar-refractivity contribution in [3.63, 3.8) is 0 Å². The molecule has 0 aliphatic carbocycles. The first-order chi connectivity index (χ1) is 8.17. The Morgan fingerprint density at radius 1 is 1.47 bits per heavy atom. The molecular weight excluding hydrogens is 252 g/mol. The first-order valence-electron chi connectivity index (χ1n) is 5.74. The Balaban J connectivity index is 2.36. The van der Waals surface area contributed by atoms with E-state index in [1.54, 1.807) is 11.3 Å². The number of H-pyrrole nitrogens is 1. The fourth-order valence-electron chi connectivity index (χ4n) is 1.78. The minimum atomic E-state index is 0.556. The minimum Gasteiger partial charge on any atom is -0.303 e. The largest absolute Gasteiger partial charge is 0.303 e. The lowest BCUT2D eigenvalue weighted by atomic mass is 10.1. The third kappa shape index (κ3) is 2.32. The van der Waals surface area contributed by atoms with Gasteiger partial charge in [0, 0.05) is 19.2 Å². The summed E-state index contributed by atoms with van der Waals surface area (Å²) in [5.41, 5.74) is 0. The molecule has 2 aromatic rings. The van der Waals surface area contributed by atoms with E-state index in [2.05, 4.69) is 29.0 Å². The summed E-state index contributed by atoms with van der Waals surface area (Å²) in [6.45, 7) is 4.40. The third-order valence-electron chi connectivity index (χ3n) is 2.96. The second-order valence-electron chi connectivity index (χ2n) is 3.99. The summed E-state index contributed by atoms with van der Waals surface area (Å²) in [6, 6.07) is 0. The zero-order valence-electron chi connectivity index (χ0n) is 10.2. The van der Waals surface area contributed by atoms with Crippen molar-refractivity contribution in [2.24, 2.45) is 7.05 Å². The molecule has 0 bridgehead atoms. The van der Waals surface area contributed by atoms with E-state index in [9.17, 15) is 0 Å². The van der Waals surface area contributed by atoms with Crippen LogP contribution in [0, 0.1) is 4.77 Å². The van der Waals surface area contributed by atoms with Crippen molar-refractivity contribution in [2.75, 3.05) is 0 Å². The number of hydrogen-bond donors (Lipinski definition) is 1. The molecule has 92 valence electrons. The molecule has 4 nitrogen and oxygen atoms in total. The Kier molecular flexibility index (Phi) is 3.73. The van der Waals surface area contributed by atoms with Gasteiger partial charge < -0.3 is 4.57 Å². The van der Waals surface area contributed by atoms with Gasteiger partial charge in [0.25, 0.3) is 0 Å². The molecule has 0 unspecified atom stereocenters. The van der Waals surface area contributed by atoms with E-state index in [0.29, 0.717) is 10.7 Å². The number of rotatable bonds is 4. The highest BCUT2D eigenvalue weighted by Crippen LogP contribution is 2.31. The van der Waals surface area contributed by atoms with Crippen LogP contribution in [0.3, 0.4) is 0 Å². The van der Waals surface area contributed by atoms with E-state index in [0.717, 1.165) is 23.5 Å². The van der Waals surface area contributed by atoms with Crippen LogP contribution in [0.15, 0.2) is 6.20 Å². The monoisotopic (exact) mass is 268 g/mol. The van der Waals surface area contributed by atoms with Crippen LogP contribution in [0.25, 0.3) is 10.7 Å². The predicted octanol–water partition coefficient (Wildman–Crippen LogP) is 3.50. The van der Waals surface area contributed by atoms with E-state index in [4.69, 9.17) is 12.2 Å². The number of nitrogens with zero attached hydrogens (tertiary/aromatic N) is 3. The number of thiazole rings is 1. The Hall–Kier alpha value is -1.01. The molecule has 0 atom stereocenters. The molecule has 0 saturated carbocycles. The van der Waals surface area contributed by atoms with Crippen molar-refractivity contribution < 1.29 is 0 Å². The molecule has 0 aliphatic heterocycles. The van der Waals surface area contributed by atoms with Gasteiger partial charge in [0.05, 0.1) is 9.88 Å². The van der Waals surface area contributed by atoms with Crippen LogP contribution in [0.5, 0.6) is 0 Å². The number of aromatic amines is 1. The van der Waals surface area contributed by atoms with E-state index >= 15 is 0 Å². The minimum absolute atomic E-state index is 0.556. The van der Waals surface area contributed by atoms with Gasteiger partial charge in [0.2, 0.25) is 0 Å². The first-order valence-corrected chi connectivity index (χ1v) is 6.97. The SMILES string of the molecule is CCC(CC)c1ncc(-c2n[nH]c(=S)n2C)s1. The molecule has 0 aromatic carbocycles. The van der Waals surface area contributed by atoms with Gasteiger partial charge in [-0.25, -0.2) is 4.98 Å². The van der Waals surface area contributed by atoms with Gasteiger partial charge in [-0.05, 0) is 25.1 Å². The summed E-state index contributed by atoms with van der Waals surface area (Å²) in [4.78, 5) is 5.57. The molecule has 0 saturated heterocycles. The van der Waals surface area contributed by atoms with E-state index < -0.39 is 0 Å². The quantitative estimate of drug-likeness (QED) is 0.863. The Morgan fingerprint density at radius 3 is 2.71 bits per heavy atom. The van der Waals surface area contributed by atoms with Gasteiger partial charge in [-0.15, -0.1) is 11.3 Å². The second kappa shape index (κ2) is 5.10. The lowest BCUT2D eigenvalue weighted by Crippen LogP contribution is -1.93. The predicted molar refractivity (Wildman–Crippen MR) is 72.8 cm³/mol. The molecule has 0 radical (unpaired) electrons. The molecule has 0 amide bonds. The highest BCUT2D eigenvalue weighted by Gasteiger charge is 2.15. The highest BCUT2D eigenvalue weighted by atomic mass is 32.1. The van der Waals surface area contributed by atoms with Crippen LogP contribution in [0.1, 0.15) is 37.6 Å². The Bertz CT molecular complexity index is 548. The maximum atomic E-state index is 5.11. The van der Waals surface area contributed by atoms with Crippen LogP contribution < -0.4 is 0 Å². The number of nitrogens with one attached hydrogen (secondary N) is 1. The van der Waals surface area contributed by atoms with Gasteiger partial charge in [-0.3, -0.25) is 5.10 Å². The zero-order chi connectivity index (χ0) is 12.4. The molecule has 2 rings (SSSR count). The summed E-state index contributed by atoms with van der Waals surface area (Å²) in [5.74, 6) is 1.42. The van der Waals surface area contributed by atoms with Crippen LogP contribution in [0.2, 0.25) is 0 Å². The van der Waals surface area contributed by atoms with Crippen molar-refractivity contribution in [3.8, 4) is 10.7 Å². The highest BCUT2D eigenvalue weighted by molar-refractivity contribution is 7.71. The average Bonchev–Trinajstić information content (AvgIpc) is 2.90. The van der Waals surface area contributed by atoms with Crippen molar-refractivity contribution in [2.45, 2.75) is 32.6 Å². The molecule has 17 heavy (non-hydrogen) atoms. The van der Waals surface area contributed by atoms with E-state index in [-0.39, 0.29) is 0 Å². The van der Waals surface area contributed by atoms with Gasteiger partial charge in [-0.2, -0.15) is 5.10 Å². The summed E-state index contributed by atoms with van der Waals surface area (Å²) < 4.78 is 2.51. The first kappa shape index (κ1) is 12.4. The molecule has 0 aliphatic rings. The lowest BCUT2D eigenvalue weighted by Gasteiger charge is -2.06. The van der Waals surface area contributed by atoms with Crippen LogP contribution in [-0.2, 0) is 7.05 Å². The van der Waals surface area contributed by atoms with Crippen LogP contribution in [0.4, 0.5) is 0 Å². The average molecular weight is 268 g/mol. The van der Waals surface area contributed by atoms with Gasteiger partial charge in [-0.1, -0.05) is 13.8 Å². The molecule has 0 fully saturated rings. The number of aromatic nitrogens is 4. The number of hydrogen-bond acceptors (Lipinski definition) is 4. The van der Waals surface area contributed by atoms with Crippen molar-refractivity contribution in [1.29, 1.82) is 0 Å². The van der Waals surface area contributed by atoms with Crippen molar-refractivity contribution in [1.82, 2.24) is 19.7 Å². The van der Waals surface area contributed by atoms with E-state index in [1.807, 2.05) is 17.8 Å². The fourth-order valence-corrected chi connectivity index (χ4v) is 3.13. The Labute approximate surface area is 110 Å². The zero-order valence-corrected chi connectivity index (χ0v) is 11.9.